The van der Waals surface area contributed by atoms with E-state index in [-0.39, 0.29) is 22.2 Å². The number of nitrogens with zero attached hydrogens (tertiary/aromatic N) is 1. The largest absolute Gasteiger partial charge is 0.495 e. The lowest BCUT2D eigenvalue weighted by Gasteiger charge is -2.10. The molecule has 0 bridgehead atoms. The molecule has 0 saturated heterocycles. The zero-order chi connectivity index (χ0) is 21.0. The summed E-state index contributed by atoms with van der Waals surface area (Å²) >= 11 is 1.09. The quantitative estimate of drug-likeness (QED) is 0.573. The van der Waals surface area contributed by atoms with Crippen LogP contribution in [-0.2, 0) is 26.0 Å². The number of methoxy groups -OCH3 is 2. The number of carbonyl (C=O) groups excluding carboxylic acids is 1. The number of hydrogen-bond acceptors (Lipinski definition) is 7. The third-order valence-corrected chi connectivity index (χ3v) is 6.57. The summed E-state index contributed by atoms with van der Waals surface area (Å²) in [6, 6.07) is 14.1. The Bertz CT molecular complexity index is 1130. The van der Waals surface area contributed by atoms with Crippen LogP contribution in [0.5, 0.6) is 5.75 Å². The second-order valence-electron chi connectivity index (χ2n) is 6.17. The van der Waals surface area contributed by atoms with E-state index in [0.717, 1.165) is 22.5 Å². The van der Waals surface area contributed by atoms with Crippen molar-refractivity contribution in [1.82, 2.24) is 4.98 Å². The molecule has 1 heterocycles. The number of thiazole rings is 1. The standard InChI is InChI=1S/C20H20N2O5S2/c1-13-9-10-15(26-2)17(11-13)29(24,25)22-20-21-19(14-7-5-4-6-8-14)16(28-20)12-18(23)27-3/h4-11H,12H2,1-3H3,(H,21,22). The van der Waals surface area contributed by atoms with Gasteiger partial charge in [0.1, 0.15) is 10.6 Å². The van der Waals surface area contributed by atoms with Crippen molar-refractivity contribution in [2.45, 2.75) is 18.2 Å². The highest BCUT2D eigenvalue weighted by molar-refractivity contribution is 7.93. The molecule has 0 atom stereocenters. The number of hydrogen-bond donors (Lipinski definition) is 1. The summed E-state index contributed by atoms with van der Waals surface area (Å²) < 4.78 is 38.4. The highest BCUT2D eigenvalue weighted by Gasteiger charge is 2.23. The van der Waals surface area contributed by atoms with Crippen molar-refractivity contribution in [3.63, 3.8) is 0 Å². The van der Waals surface area contributed by atoms with Gasteiger partial charge in [0.2, 0.25) is 0 Å². The average molecular weight is 433 g/mol. The number of rotatable bonds is 7. The summed E-state index contributed by atoms with van der Waals surface area (Å²) in [7, 11) is -1.22. The van der Waals surface area contributed by atoms with Crippen LogP contribution in [0.1, 0.15) is 10.4 Å². The molecule has 29 heavy (non-hydrogen) atoms. The van der Waals surface area contributed by atoms with Gasteiger partial charge < -0.3 is 9.47 Å². The lowest BCUT2D eigenvalue weighted by atomic mass is 10.1. The van der Waals surface area contributed by atoms with E-state index in [1.807, 2.05) is 30.3 Å². The Kier molecular flexibility index (Phi) is 6.19. The van der Waals surface area contributed by atoms with Crippen molar-refractivity contribution >= 4 is 32.5 Å². The number of carbonyl (C=O) groups is 1. The van der Waals surface area contributed by atoms with Gasteiger partial charge in [-0.2, -0.15) is 0 Å². The van der Waals surface area contributed by atoms with Crippen molar-refractivity contribution in [3.8, 4) is 17.0 Å². The summed E-state index contributed by atoms with van der Waals surface area (Å²) in [5.74, 6) is -0.196. The molecular weight excluding hydrogens is 412 g/mol. The Morgan fingerprint density at radius 3 is 2.52 bits per heavy atom. The van der Waals surface area contributed by atoms with Gasteiger partial charge in [-0.25, -0.2) is 13.4 Å². The van der Waals surface area contributed by atoms with Crippen LogP contribution in [0.4, 0.5) is 5.13 Å². The van der Waals surface area contributed by atoms with E-state index in [9.17, 15) is 13.2 Å². The second kappa shape index (κ2) is 8.62. The van der Waals surface area contributed by atoms with Gasteiger partial charge in [-0.3, -0.25) is 9.52 Å². The van der Waals surface area contributed by atoms with E-state index in [2.05, 4.69) is 9.71 Å². The first-order valence-corrected chi connectivity index (χ1v) is 10.9. The topological polar surface area (TPSA) is 94.6 Å². The predicted octanol–water partition coefficient (Wildman–Crippen LogP) is 3.64. The molecule has 0 saturated carbocycles. The maximum absolute atomic E-state index is 13.0. The van der Waals surface area contributed by atoms with Gasteiger partial charge in [-0.1, -0.05) is 47.7 Å². The molecule has 0 amide bonds. The fourth-order valence-corrected chi connectivity index (χ4v) is 5.16. The van der Waals surface area contributed by atoms with Gasteiger partial charge in [0.15, 0.2) is 5.13 Å². The van der Waals surface area contributed by atoms with Crippen molar-refractivity contribution in [1.29, 1.82) is 0 Å². The lowest BCUT2D eigenvalue weighted by molar-refractivity contribution is -0.139. The Labute approximate surface area is 173 Å². The number of esters is 1. The van der Waals surface area contributed by atoms with Crippen LogP contribution in [0.3, 0.4) is 0 Å². The van der Waals surface area contributed by atoms with Crippen LogP contribution < -0.4 is 9.46 Å². The van der Waals surface area contributed by atoms with E-state index in [4.69, 9.17) is 9.47 Å². The lowest BCUT2D eigenvalue weighted by Crippen LogP contribution is -2.14. The molecule has 1 aromatic heterocycles. The molecule has 0 radical (unpaired) electrons. The summed E-state index contributed by atoms with van der Waals surface area (Å²) in [4.78, 5) is 16.9. The van der Waals surface area contributed by atoms with Gasteiger partial charge in [0, 0.05) is 10.4 Å². The first-order valence-electron chi connectivity index (χ1n) is 8.63. The van der Waals surface area contributed by atoms with Crippen molar-refractivity contribution in [2.24, 2.45) is 0 Å². The van der Waals surface area contributed by atoms with Crippen LogP contribution in [0, 0.1) is 6.92 Å². The van der Waals surface area contributed by atoms with E-state index >= 15 is 0 Å². The molecule has 7 nitrogen and oxygen atoms in total. The highest BCUT2D eigenvalue weighted by atomic mass is 32.2. The predicted molar refractivity (Wildman–Crippen MR) is 112 cm³/mol. The number of sulfonamides is 1. The van der Waals surface area contributed by atoms with Crippen LogP contribution in [0.25, 0.3) is 11.3 Å². The van der Waals surface area contributed by atoms with Crippen LogP contribution in [0.2, 0.25) is 0 Å². The summed E-state index contributed by atoms with van der Waals surface area (Å²) in [6.07, 6.45) is -0.00606. The monoisotopic (exact) mass is 432 g/mol. The zero-order valence-electron chi connectivity index (χ0n) is 16.1. The number of aromatic nitrogens is 1. The summed E-state index contributed by atoms with van der Waals surface area (Å²) in [5, 5.41) is 0.159. The Morgan fingerprint density at radius 2 is 1.86 bits per heavy atom. The van der Waals surface area contributed by atoms with E-state index < -0.39 is 16.0 Å². The molecular formula is C20H20N2O5S2. The van der Waals surface area contributed by atoms with Crippen LogP contribution in [-0.4, -0.2) is 33.6 Å². The molecule has 2 aromatic carbocycles. The number of anilines is 1. The third-order valence-electron chi connectivity index (χ3n) is 4.11. The maximum atomic E-state index is 13.0. The number of nitrogens with one attached hydrogen (secondary N) is 1. The van der Waals surface area contributed by atoms with Gasteiger partial charge >= 0.3 is 5.97 Å². The Hall–Kier alpha value is -2.91. The molecule has 0 fully saturated rings. The SMILES string of the molecule is COC(=O)Cc1sc(NS(=O)(=O)c2cc(C)ccc2OC)nc1-c1ccccc1. The molecule has 0 aliphatic rings. The van der Waals surface area contributed by atoms with Crippen molar-refractivity contribution in [3.05, 3.63) is 59.0 Å². The minimum absolute atomic E-state index is 0.00606. The molecule has 0 aliphatic carbocycles. The van der Waals surface area contributed by atoms with E-state index in [0.29, 0.717) is 10.6 Å². The van der Waals surface area contributed by atoms with E-state index in [1.165, 1.54) is 20.3 Å². The molecule has 152 valence electrons. The molecule has 9 heteroatoms. The molecule has 1 N–H and O–H groups in total. The maximum Gasteiger partial charge on any atom is 0.310 e. The number of benzene rings is 2. The molecule has 0 aliphatic heterocycles. The van der Waals surface area contributed by atoms with Gasteiger partial charge in [-0.15, -0.1) is 0 Å². The fraction of sp³-hybridized carbons (Fsp3) is 0.200. The smallest absolute Gasteiger partial charge is 0.310 e. The van der Waals surface area contributed by atoms with Gasteiger partial charge in [-0.05, 0) is 24.6 Å². The first-order chi connectivity index (χ1) is 13.8. The minimum Gasteiger partial charge on any atom is -0.495 e. The van der Waals surface area contributed by atoms with Crippen molar-refractivity contribution in [2.75, 3.05) is 18.9 Å². The molecule has 3 aromatic rings. The average Bonchev–Trinajstić information content (AvgIpc) is 3.09. The van der Waals surface area contributed by atoms with Gasteiger partial charge in [0.25, 0.3) is 10.0 Å². The first kappa shape index (κ1) is 20.8. The van der Waals surface area contributed by atoms with Crippen molar-refractivity contribution < 1.29 is 22.7 Å². The van der Waals surface area contributed by atoms with E-state index in [1.54, 1.807) is 19.1 Å². The zero-order valence-corrected chi connectivity index (χ0v) is 17.8. The fourth-order valence-electron chi connectivity index (χ4n) is 2.70. The summed E-state index contributed by atoms with van der Waals surface area (Å²) in [5.41, 5.74) is 2.10. The number of ether oxygens (including phenoxy) is 2. The number of aryl methyl sites for hydroxylation is 1. The highest BCUT2D eigenvalue weighted by Crippen LogP contribution is 2.34. The minimum atomic E-state index is -3.94. The molecule has 0 unspecified atom stereocenters. The molecule has 3 rings (SSSR count). The normalized spacial score (nSPS) is 11.1. The second-order valence-corrected chi connectivity index (χ2v) is 8.90. The summed E-state index contributed by atoms with van der Waals surface area (Å²) in [6.45, 7) is 1.80. The molecule has 0 spiro atoms. The van der Waals surface area contributed by atoms with Crippen LogP contribution in [0.15, 0.2) is 53.4 Å². The van der Waals surface area contributed by atoms with Gasteiger partial charge in [0.05, 0.1) is 26.3 Å². The third kappa shape index (κ3) is 4.75. The van der Waals surface area contributed by atoms with Crippen LogP contribution >= 0.6 is 11.3 Å². The Morgan fingerprint density at radius 1 is 1.14 bits per heavy atom. The Balaban J connectivity index is 2.01.